The Labute approximate surface area is 127 Å². The molecule has 0 bridgehead atoms. The smallest absolute Gasteiger partial charge is 0.253 e. The highest BCUT2D eigenvalue weighted by atomic mass is 32.1. The molecule has 5 nitrogen and oxygen atoms in total. The molecule has 1 unspecified atom stereocenters. The van der Waals surface area contributed by atoms with E-state index in [0.29, 0.717) is 36.6 Å². The van der Waals surface area contributed by atoms with E-state index in [9.17, 15) is 9.59 Å². The summed E-state index contributed by atoms with van der Waals surface area (Å²) in [5, 5.41) is 2.56. The number of hydrogen-bond acceptors (Lipinski definition) is 4. The molecular weight excluding hydrogens is 286 g/mol. The summed E-state index contributed by atoms with van der Waals surface area (Å²) < 4.78 is 8.75. The zero-order chi connectivity index (χ0) is 15.7. The Morgan fingerprint density at radius 3 is 3.29 bits per heavy atom. The molecule has 108 valence electrons. The van der Waals surface area contributed by atoms with Crippen LogP contribution in [0.3, 0.4) is 0 Å². The van der Waals surface area contributed by atoms with E-state index < -0.39 is 0 Å². The van der Waals surface area contributed by atoms with E-state index in [-0.39, 0.29) is 17.7 Å². The van der Waals surface area contributed by atoms with Crippen molar-refractivity contribution in [2.45, 2.75) is 6.42 Å². The van der Waals surface area contributed by atoms with Gasteiger partial charge in [0.05, 0.1) is 23.0 Å². The van der Waals surface area contributed by atoms with Crippen molar-refractivity contribution >= 4 is 33.4 Å². The number of fused-ring (bicyclic) bond motifs is 1. The van der Waals surface area contributed by atoms with Crippen LogP contribution in [0.25, 0.3) is 10.2 Å². The van der Waals surface area contributed by atoms with Gasteiger partial charge < -0.3 is 10.2 Å². The van der Waals surface area contributed by atoms with Crippen LogP contribution in [-0.2, 0) is 4.79 Å². The van der Waals surface area contributed by atoms with Gasteiger partial charge in [-0.25, -0.2) is 4.98 Å². The minimum Gasteiger partial charge on any atom is -0.338 e. The van der Waals surface area contributed by atoms with Crippen LogP contribution < -0.4 is 5.32 Å². The van der Waals surface area contributed by atoms with Gasteiger partial charge in [0, 0.05) is 18.7 Å². The molecule has 2 aromatic rings. The number of amides is 2. The summed E-state index contributed by atoms with van der Waals surface area (Å²) in [6.07, 6.45) is 1.99. The van der Waals surface area contributed by atoms with E-state index >= 15 is 0 Å². The predicted molar refractivity (Wildman–Crippen MR) is 82.0 cm³/mol. The van der Waals surface area contributed by atoms with Gasteiger partial charge >= 0.3 is 0 Å². The molecule has 1 fully saturated rings. The maximum atomic E-state index is 12.6. The number of nitrogens with zero attached hydrogens (tertiary/aromatic N) is 2. The predicted octanol–water partition coefficient (Wildman–Crippen LogP) is 2.02. The van der Waals surface area contributed by atoms with Crippen LogP contribution in [-0.4, -0.2) is 34.8 Å². The van der Waals surface area contributed by atoms with Crippen LogP contribution >= 0.6 is 11.3 Å². The van der Waals surface area contributed by atoms with E-state index in [1.807, 2.05) is 0 Å². The van der Waals surface area contributed by atoms with Crippen molar-refractivity contribution in [1.82, 2.24) is 15.2 Å². The summed E-state index contributed by atoms with van der Waals surface area (Å²) in [5.74, 6) is -0.473. The van der Waals surface area contributed by atoms with Crippen LogP contribution in [0.5, 0.6) is 0 Å². The first-order valence-electron chi connectivity index (χ1n) is 7.14. The fourth-order valence-electron chi connectivity index (χ4n) is 2.48. The lowest BCUT2D eigenvalue weighted by molar-refractivity contribution is -0.123. The average Bonchev–Trinajstić information content (AvgIpc) is 3.16. The van der Waals surface area contributed by atoms with Gasteiger partial charge in [-0.05, 0) is 30.8 Å². The number of carbonyl (C=O) groups excluding carboxylic acids is 2. The first kappa shape index (κ1) is 12.5. The lowest BCUT2D eigenvalue weighted by Gasteiger charge is -2.16. The molecule has 1 aromatic carbocycles. The van der Waals surface area contributed by atoms with Gasteiger partial charge in [0.2, 0.25) is 5.91 Å². The molecule has 3 rings (SSSR count). The van der Waals surface area contributed by atoms with Gasteiger partial charge in [0.15, 0.2) is 0 Å². The number of nitrogens with one attached hydrogen (secondary N) is 1. The summed E-state index contributed by atoms with van der Waals surface area (Å²) in [4.78, 5) is 30.2. The largest absolute Gasteiger partial charge is 0.338 e. The monoisotopic (exact) mass is 303 g/mol. The van der Waals surface area contributed by atoms with Crippen LogP contribution in [0.4, 0.5) is 0 Å². The Balaban J connectivity index is 1.78. The minimum absolute atomic E-state index is 0.110. The Kier molecular flexibility index (Phi) is 3.37. The topological polar surface area (TPSA) is 62.3 Å². The highest BCUT2D eigenvalue weighted by Gasteiger charge is 2.31. The number of aromatic nitrogens is 1. The van der Waals surface area contributed by atoms with Gasteiger partial charge in [0.25, 0.3) is 5.91 Å². The van der Waals surface area contributed by atoms with Gasteiger partial charge in [-0.3, -0.25) is 9.59 Å². The van der Waals surface area contributed by atoms with Crippen molar-refractivity contribution in [2.24, 2.45) is 5.92 Å². The number of benzene rings is 1. The van der Waals surface area contributed by atoms with E-state index in [4.69, 9.17) is 1.37 Å². The number of carbonyl (C=O) groups is 2. The molecule has 1 aliphatic rings. The molecule has 1 aromatic heterocycles. The maximum absolute atomic E-state index is 12.6. The number of hydrogen-bond donors (Lipinski definition) is 1. The fourth-order valence-corrected chi connectivity index (χ4v) is 3.11. The van der Waals surface area contributed by atoms with E-state index in [2.05, 4.69) is 16.9 Å². The highest BCUT2D eigenvalue weighted by molar-refractivity contribution is 7.16. The minimum atomic E-state index is -0.208. The third-order valence-electron chi connectivity index (χ3n) is 3.58. The molecule has 21 heavy (non-hydrogen) atoms. The average molecular weight is 303 g/mol. The summed E-state index contributed by atoms with van der Waals surface area (Å²) in [6.45, 7) is 4.40. The first-order valence-corrected chi connectivity index (χ1v) is 7.52. The molecule has 0 radical (unpaired) electrons. The molecule has 2 heterocycles. The molecule has 6 heteroatoms. The second kappa shape index (κ2) is 5.65. The number of thiazole rings is 1. The molecular formula is C15H15N3O2S. The summed E-state index contributed by atoms with van der Waals surface area (Å²) in [7, 11) is 0. The zero-order valence-electron chi connectivity index (χ0n) is 12.3. The van der Waals surface area contributed by atoms with Gasteiger partial charge in [-0.1, -0.05) is 6.58 Å². The molecule has 0 spiro atoms. The molecule has 1 N–H and O–H groups in total. The van der Waals surface area contributed by atoms with E-state index in [1.165, 1.54) is 17.5 Å². The van der Waals surface area contributed by atoms with Gasteiger partial charge in [0.1, 0.15) is 0 Å². The van der Waals surface area contributed by atoms with Crippen LogP contribution in [0.2, 0.25) is 0 Å². The van der Waals surface area contributed by atoms with Crippen LogP contribution in [0.15, 0.2) is 36.5 Å². The molecule has 0 aliphatic carbocycles. The van der Waals surface area contributed by atoms with Crippen LogP contribution in [0, 0.1) is 5.92 Å². The highest BCUT2D eigenvalue weighted by Crippen LogP contribution is 2.22. The third kappa shape index (κ3) is 2.67. The van der Waals surface area contributed by atoms with Crippen molar-refractivity contribution < 1.29 is 11.0 Å². The second-order valence-electron chi connectivity index (χ2n) is 4.90. The summed E-state index contributed by atoms with van der Waals surface area (Å²) in [5.41, 5.74) is 2.79. The standard InChI is InChI=1S/C15H15N3O2S/c1-2-16-14(19)11-5-6-18(8-11)15(20)10-3-4-13-12(7-10)17-9-21-13/h2-4,7,9,11H,1,5-6,8H2,(H,16,19)/i4T. The van der Waals surface area contributed by atoms with Crippen LogP contribution in [0.1, 0.15) is 18.1 Å². The Morgan fingerprint density at radius 2 is 2.48 bits per heavy atom. The van der Waals surface area contributed by atoms with Crippen molar-refractivity contribution in [2.75, 3.05) is 13.1 Å². The second-order valence-corrected chi connectivity index (χ2v) is 5.76. The van der Waals surface area contributed by atoms with Crippen molar-refractivity contribution in [3.05, 3.63) is 42.0 Å². The lowest BCUT2D eigenvalue weighted by atomic mass is 10.1. The maximum Gasteiger partial charge on any atom is 0.253 e. The molecule has 1 aliphatic heterocycles. The molecule has 1 atom stereocenters. The van der Waals surface area contributed by atoms with E-state index in [0.717, 1.165) is 4.70 Å². The van der Waals surface area contributed by atoms with E-state index in [1.54, 1.807) is 22.5 Å². The molecule has 1 saturated heterocycles. The Bertz CT molecular complexity index is 758. The SMILES string of the molecule is [3H]c1cc(C(=O)N2CCC(C(=O)NC=C)C2)cc2ncsc12. The Hall–Kier alpha value is -2.21. The van der Waals surface area contributed by atoms with Gasteiger partial charge in [-0.2, -0.15) is 0 Å². The van der Waals surface area contributed by atoms with Crippen molar-refractivity contribution in [1.29, 1.82) is 0 Å². The normalized spacial score (nSPS) is 18.6. The summed E-state index contributed by atoms with van der Waals surface area (Å²) >= 11 is 1.39. The zero-order valence-corrected chi connectivity index (χ0v) is 12.2. The molecule has 0 saturated carbocycles. The van der Waals surface area contributed by atoms with Crippen molar-refractivity contribution in [3.63, 3.8) is 0 Å². The fraction of sp³-hybridized carbons (Fsp3) is 0.267. The number of likely N-dealkylation sites (tertiary alicyclic amines) is 1. The number of rotatable bonds is 3. The lowest BCUT2D eigenvalue weighted by Crippen LogP contribution is -2.32. The first-order chi connectivity index (χ1) is 10.6. The Morgan fingerprint density at radius 1 is 1.62 bits per heavy atom. The molecule has 2 amide bonds. The van der Waals surface area contributed by atoms with Crippen molar-refractivity contribution in [3.8, 4) is 0 Å². The summed E-state index contributed by atoms with van der Waals surface area (Å²) in [6, 6.07) is 3.59. The third-order valence-corrected chi connectivity index (χ3v) is 4.36. The van der Waals surface area contributed by atoms with Gasteiger partial charge in [-0.15, -0.1) is 11.3 Å². The quantitative estimate of drug-likeness (QED) is 0.943.